The van der Waals surface area contributed by atoms with E-state index in [-0.39, 0.29) is 6.04 Å². The third kappa shape index (κ3) is 4.87. The summed E-state index contributed by atoms with van der Waals surface area (Å²) in [6.45, 7) is 0. The van der Waals surface area contributed by atoms with Crippen molar-refractivity contribution in [2.24, 2.45) is 5.10 Å². The maximum absolute atomic E-state index is 6.51. The summed E-state index contributed by atoms with van der Waals surface area (Å²) in [4.78, 5) is 0. The van der Waals surface area contributed by atoms with Crippen LogP contribution < -0.4 is 14.5 Å². The molecule has 0 aliphatic carbocycles. The minimum atomic E-state index is -0.00242. The Balaban J connectivity index is 1.66. The molecule has 0 fully saturated rings. The lowest BCUT2D eigenvalue weighted by Gasteiger charge is -2.25. The van der Waals surface area contributed by atoms with Crippen molar-refractivity contribution in [1.29, 1.82) is 0 Å². The van der Waals surface area contributed by atoms with Gasteiger partial charge >= 0.3 is 0 Å². The molecule has 4 rings (SSSR count). The zero-order chi connectivity index (χ0) is 21.8. The second-order valence-corrected chi connectivity index (χ2v) is 7.97. The van der Waals surface area contributed by atoms with E-state index in [0.29, 0.717) is 10.0 Å². The zero-order valence-corrected chi connectivity index (χ0v) is 18.8. The van der Waals surface area contributed by atoms with Gasteiger partial charge in [-0.05, 0) is 59.7 Å². The molecule has 31 heavy (non-hydrogen) atoms. The summed E-state index contributed by atoms with van der Waals surface area (Å²) in [5.41, 5.74) is 3.92. The highest BCUT2D eigenvalue weighted by Gasteiger charge is 2.29. The first-order chi connectivity index (χ1) is 15.1. The van der Waals surface area contributed by atoms with Gasteiger partial charge in [0.1, 0.15) is 11.5 Å². The lowest BCUT2D eigenvalue weighted by molar-refractivity contribution is 0.414. The molecule has 3 aromatic carbocycles. The van der Waals surface area contributed by atoms with Gasteiger partial charge in [-0.2, -0.15) is 5.10 Å². The van der Waals surface area contributed by atoms with E-state index in [2.05, 4.69) is 12.1 Å². The van der Waals surface area contributed by atoms with Crippen LogP contribution in [0.5, 0.6) is 11.5 Å². The van der Waals surface area contributed by atoms with Gasteiger partial charge in [-0.15, -0.1) is 0 Å². The molecule has 0 saturated carbocycles. The molecule has 1 aliphatic heterocycles. The number of benzene rings is 3. The lowest BCUT2D eigenvalue weighted by Crippen LogP contribution is -2.18. The average Bonchev–Trinajstić information content (AvgIpc) is 3.23. The molecule has 6 heteroatoms. The number of anilines is 1. The summed E-state index contributed by atoms with van der Waals surface area (Å²) >= 11 is 12.8. The molecule has 0 saturated heterocycles. The van der Waals surface area contributed by atoms with Crippen LogP contribution in [0.15, 0.2) is 77.9 Å². The Morgan fingerprint density at radius 3 is 2.16 bits per heavy atom. The van der Waals surface area contributed by atoms with E-state index in [1.807, 2.05) is 59.6 Å². The number of halogens is 2. The van der Waals surface area contributed by atoms with Crippen LogP contribution in [0.4, 0.5) is 5.69 Å². The number of methoxy groups -OCH3 is 2. The van der Waals surface area contributed by atoms with E-state index in [9.17, 15) is 0 Å². The zero-order valence-electron chi connectivity index (χ0n) is 17.3. The highest BCUT2D eigenvalue weighted by atomic mass is 35.5. The third-order valence-electron chi connectivity index (χ3n) is 5.17. The average molecular weight is 453 g/mol. The number of nitrogens with zero attached hydrogens (tertiary/aromatic N) is 2. The van der Waals surface area contributed by atoms with E-state index < -0.39 is 0 Å². The van der Waals surface area contributed by atoms with Crippen LogP contribution in [0, 0.1) is 0 Å². The fourth-order valence-electron chi connectivity index (χ4n) is 3.51. The monoisotopic (exact) mass is 452 g/mol. The fraction of sp³-hybridized carbons (Fsp3) is 0.160. The highest BCUT2D eigenvalue weighted by molar-refractivity contribution is 6.35. The molecule has 1 heterocycles. The minimum absolute atomic E-state index is 0.00242. The standard InChI is InChI=1S/C25H22Cl2N2O2/c1-30-21-10-4-17(5-11-21)3-9-20-16-24(18-6-12-22(31-2)13-7-18)29(28-20)25-15-19(26)8-14-23(25)27/h3-15,24H,16H2,1-2H3. The smallest absolute Gasteiger partial charge is 0.118 e. The van der Waals surface area contributed by atoms with Gasteiger partial charge < -0.3 is 9.47 Å². The summed E-state index contributed by atoms with van der Waals surface area (Å²) in [6, 6.07) is 21.3. The summed E-state index contributed by atoms with van der Waals surface area (Å²) in [5.74, 6) is 1.64. The first-order valence-corrected chi connectivity index (χ1v) is 10.6. The Morgan fingerprint density at radius 2 is 1.52 bits per heavy atom. The topological polar surface area (TPSA) is 34.1 Å². The number of hydrogen-bond acceptors (Lipinski definition) is 4. The minimum Gasteiger partial charge on any atom is -0.497 e. The number of rotatable bonds is 6. The third-order valence-corrected chi connectivity index (χ3v) is 5.73. The summed E-state index contributed by atoms with van der Waals surface area (Å²) < 4.78 is 10.5. The van der Waals surface area contributed by atoms with Crippen LogP contribution >= 0.6 is 23.2 Å². The Hall–Kier alpha value is -2.95. The molecular formula is C25H22Cl2N2O2. The molecule has 0 radical (unpaired) electrons. The van der Waals surface area contributed by atoms with E-state index in [0.717, 1.165) is 40.4 Å². The molecule has 0 spiro atoms. The van der Waals surface area contributed by atoms with Crippen molar-refractivity contribution in [3.05, 3.63) is 94.0 Å². The van der Waals surface area contributed by atoms with Crippen LogP contribution in [0.2, 0.25) is 10.0 Å². The molecule has 0 aromatic heterocycles. The summed E-state index contributed by atoms with van der Waals surface area (Å²) in [7, 11) is 3.32. The van der Waals surface area contributed by atoms with Crippen molar-refractivity contribution in [3.63, 3.8) is 0 Å². The van der Waals surface area contributed by atoms with Crippen molar-refractivity contribution in [2.75, 3.05) is 19.2 Å². The maximum Gasteiger partial charge on any atom is 0.118 e. The number of ether oxygens (including phenoxy) is 2. The lowest BCUT2D eigenvalue weighted by atomic mass is 10.0. The quantitative estimate of drug-likeness (QED) is 0.402. The Bertz CT molecular complexity index is 1110. The molecule has 0 N–H and O–H groups in total. The van der Waals surface area contributed by atoms with Gasteiger partial charge in [-0.3, -0.25) is 5.01 Å². The summed E-state index contributed by atoms with van der Waals surface area (Å²) in [6.07, 6.45) is 4.82. The van der Waals surface area contributed by atoms with Gasteiger partial charge in [0.15, 0.2) is 0 Å². The van der Waals surface area contributed by atoms with Gasteiger partial charge in [0, 0.05) is 11.4 Å². The number of allylic oxidation sites excluding steroid dienone is 1. The fourth-order valence-corrected chi connectivity index (χ4v) is 3.88. The van der Waals surface area contributed by atoms with Gasteiger partial charge in [0.05, 0.1) is 36.7 Å². The van der Waals surface area contributed by atoms with Gasteiger partial charge in [0.25, 0.3) is 0 Å². The Labute approximate surface area is 192 Å². The first kappa shape index (κ1) is 21.3. The second-order valence-electron chi connectivity index (χ2n) is 7.13. The molecule has 4 nitrogen and oxygen atoms in total. The Kier molecular flexibility index (Phi) is 6.50. The molecule has 1 unspecified atom stereocenters. The molecule has 3 aromatic rings. The predicted octanol–water partition coefficient (Wildman–Crippen LogP) is 7.03. The number of hydrazone groups is 1. The van der Waals surface area contributed by atoms with Gasteiger partial charge in [0.2, 0.25) is 0 Å². The van der Waals surface area contributed by atoms with E-state index in [1.165, 1.54) is 0 Å². The largest absolute Gasteiger partial charge is 0.497 e. The molecule has 0 amide bonds. The van der Waals surface area contributed by atoms with E-state index in [1.54, 1.807) is 26.4 Å². The van der Waals surface area contributed by atoms with Crippen LogP contribution in [0.1, 0.15) is 23.6 Å². The van der Waals surface area contributed by atoms with Gasteiger partial charge in [-0.1, -0.05) is 53.5 Å². The molecular weight excluding hydrogens is 431 g/mol. The molecule has 0 bridgehead atoms. The number of hydrogen-bond donors (Lipinski definition) is 0. The van der Waals surface area contributed by atoms with Gasteiger partial charge in [-0.25, -0.2) is 0 Å². The van der Waals surface area contributed by atoms with Crippen molar-refractivity contribution < 1.29 is 9.47 Å². The van der Waals surface area contributed by atoms with Crippen LogP contribution in [-0.2, 0) is 0 Å². The predicted molar refractivity (Wildman–Crippen MR) is 129 cm³/mol. The van der Waals surface area contributed by atoms with Crippen LogP contribution in [0.3, 0.4) is 0 Å². The molecule has 158 valence electrons. The Morgan fingerprint density at radius 1 is 0.871 bits per heavy atom. The molecule has 1 atom stereocenters. The SMILES string of the molecule is COc1ccc(C=CC2=NN(c3cc(Cl)ccc3Cl)C(c3ccc(OC)cc3)C2)cc1. The second kappa shape index (κ2) is 9.46. The van der Waals surface area contributed by atoms with Crippen molar-refractivity contribution in [3.8, 4) is 11.5 Å². The normalized spacial score (nSPS) is 15.9. The summed E-state index contributed by atoms with van der Waals surface area (Å²) in [5, 5.41) is 8.04. The first-order valence-electron chi connectivity index (χ1n) is 9.85. The maximum atomic E-state index is 6.51. The highest BCUT2D eigenvalue weighted by Crippen LogP contribution is 2.40. The van der Waals surface area contributed by atoms with Crippen LogP contribution in [-0.4, -0.2) is 19.9 Å². The van der Waals surface area contributed by atoms with Crippen molar-refractivity contribution in [2.45, 2.75) is 12.5 Å². The van der Waals surface area contributed by atoms with Crippen molar-refractivity contribution >= 4 is 40.7 Å². The van der Waals surface area contributed by atoms with Crippen molar-refractivity contribution in [1.82, 2.24) is 0 Å². The van der Waals surface area contributed by atoms with Crippen LogP contribution in [0.25, 0.3) is 6.08 Å². The van der Waals surface area contributed by atoms with E-state index in [4.69, 9.17) is 37.8 Å². The van der Waals surface area contributed by atoms with E-state index >= 15 is 0 Å². The molecule has 1 aliphatic rings.